The number of nitrogens with zero attached hydrogens (tertiary/aromatic N) is 6. The molecule has 0 spiro atoms. The highest BCUT2D eigenvalue weighted by atomic mass is 16.5. The van der Waals surface area contributed by atoms with E-state index in [0.717, 1.165) is 79.5 Å². The lowest BCUT2D eigenvalue weighted by molar-refractivity contribution is 0.142. The number of aromatic nitrogens is 5. The fourth-order valence-corrected chi connectivity index (χ4v) is 4.88. The highest BCUT2D eigenvalue weighted by molar-refractivity contribution is 5.80. The maximum atomic E-state index is 5.57. The molecule has 0 amide bonds. The van der Waals surface area contributed by atoms with Crippen LogP contribution < -0.4 is 4.90 Å². The molecular weight excluding hydrogens is 368 g/mol. The van der Waals surface area contributed by atoms with Crippen LogP contribution >= 0.6 is 0 Å². The quantitative estimate of drug-likeness (QED) is 0.566. The van der Waals surface area contributed by atoms with Crippen molar-refractivity contribution in [2.45, 2.75) is 46.1 Å². The van der Waals surface area contributed by atoms with E-state index < -0.39 is 0 Å². The maximum Gasteiger partial charge on any atom is 0.257 e. The first kappa shape index (κ1) is 18.5. The normalized spacial score (nSPS) is 21.4. The van der Waals surface area contributed by atoms with E-state index in [9.17, 15) is 0 Å². The van der Waals surface area contributed by atoms with Crippen LogP contribution in [0.4, 0.5) is 5.95 Å². The predicted octanol–water partition coefficient (Wildman–Crippen LogP) is 3.45. The number of anilines is 1. The molecule has 5 rings (SSSR count). The van der Waals surface area contributed by atoms with Crippen molar-refractivity contribution in [2.24, 2.45) is 11.8 Å². The van der Waals surface area contributed by atoms with E-state index >= 15 is 0 Å². The Morgan fingerprint density at radius 3 is 2.83 bits per heavy atom. The van der Waals surface area contributed by atoms with Crippen molar-refractivity contribution in [3.63, 3.8) is 0 Å². The second-order valence-corrected chi connectivity index (χ2v) is 8.23. The summed E-state index contributed by atoms with van der Waals surface area (Å²) >= 11 is 0. The standard InChI is InChI=1S/C21H28N6O2/c1-3-28-9-5-8-27-19(17-10-18-14(2)25-29-20(18)22-11-17)23-24-21(27)26-12-15-6-4-7-16(15)13-26/h10-11,15-16H,3-9,12-13H2,1-2H3. The number of ether oxygens (including phenoxy) is 1. The van der Waals surface area contributed by atoms with Gasteiger partial charge >= 0.3 is 0 Å². The Kier molecular flexibility index (Phi) is 4.95. The first-order valence-corrected chi connectivity index (χ1v) is 10.7. The summed E-state index contributed by atoms with van der Waals surface area (Å²) in [5, 5.41) is 14.1. The van der Waals surface area contributed by atoms with Crippen molar-refractivity contribution < 1.29 is 9.26 Å². The second kappa shape index (κ2) is 7.74. The Bertz CT molecular complexity index is 984. The van der Waals surface area contributed by atoms with Crippen LogP contribution in [0.3, 0.4) is 0 Å². The molecule has 29 heavy (non-hydrogen) atoms. The van der Waals surface area contributed by atoms with Crippen LogP contribution in [0.15, 0.2) is 16.8 Å². The van der Waals surface area contributed by atoms with Crippen LogP contribution in [0.5, 0.6) is 0 Å². The molecule has 4 heterocycles. The van der Waals surface area contributed by atoms with Crippen LogP contribution in [-0.2, 0) is 11.3 Å². The Balaban J connectivity index is 1.48. The van der Waals surface area contributed by atoms with Gasteiger partial charge in [0.15, 0.2) is 5.82 Å². The number of hydrogen-bond donors (Lipinski definition) is 0. The summed E-state index contributed by atoms with van der Waals surface area (Å²) in [5.41, 5.74) is 2.34. The molecule has 0 N–H and O–H groups in total. The molecule has 2 fully saturated rings. The van der Waals surface area contributed by atoms with Gasteiger partial charge in [-0.15, -0.1) is 10.2 Å². The minimum Gasteiger partial charge on any atom is -0.382 e. The molecule has 3 aromatic rings. The Morgan fingerprint density at radius 2 is 2.03 bits per heavy atom. The minimum absolute atomic E-state index is 0.557. The van der Waals surface area contributed by atoms with E-state index in [0.29, 0.717) is 5.71 Å². The van der Waals surface area contributed by atoms with Crippen molar-refractivity contribution in [1.29, 1.82) is 0 Å². The second-order valence-electron chi connectivity index (χ2n) is 8.23. The van der Waals surface area contributed by atoms with E-state index in [4.69, 9.17) is 9.26 Å². The average Bonchev–Trinajstić information content (AvgIpc) is 3.48. The molecule has 2 unspecified atom stereocenters. The molecule has 1 aliphatic carbocycles. The van der Waals surface area contributed by atoms with Gasteiger partial charge in [-0.2, -0.15) is 0 Å². The zero-order chi connectivity index (χ0) is 19.8. The summed E-state index contributed by atoms with van der Waals surface area (Å²) in [4.78, 5) is 6.87. The zero-order valence-electron chi connectivity index (χ0n) is 17.2. The van der Waals surface area contributed by atoms with Crippen molar-refractivity contribution in [1.82, 2.24) is 24.9 Å². The summed E-state index contributed by atoms with van der Waals surface area (Å²) in [5.74, 6) is 3.45. The summed E-state index contributed by atoms with van der Waals surface area (Å²) in [7, 11) is 0. The third-order valence-corrected chi connectivity index (χ3v) is 6.38. The molecule has 0 radical (unpaired) electrons. The monoisotopic (exact) mass is 396 g/mol. The van der Waals surface area contributed by atoms with Gasteiger partial charge in [-0.1, -0.05) is 11.6 Å². The summed E-state index contributed by atoms with van der Waals surface area (Å²) in [6, 6.07) is 2.06. The van der Waals surface area contributed by atoms with Gasteiger partial charge in [0.1, 0.15) is 0 Å². The van der Waals surface area contributed by atoms with Gasteiger partial charge in [0.25, 0.3) is 5.71 Å². The molecule has 1 aliphatic heterocycles. The van der Waals surface area contributed by atoms with Gasteiger partial charge in [-0.05, 0) is 51.0 Å². The van der Waals surface area contributed by atoms with Gasteiger partial charge < -0.3 is 14.2 Å². The predicted molar refractivity (Wildman–Crippen MR) is 110 cm³/mol. The first-order valence-electron chi connectivity index (χ1n) is 10.7. The fraction of sp³-hybridized carbons (Fsp3) is 0.619. The van der Waals surface area contributed by atoms with E-state index in [1.165, 1.54) is 19.3 Å². The lowest BCUT2D eigenvalue weighted by Gasteiger charge is -2.20. The van der Waals surface area contributed by atoms with Crippen LogP contribution in [0.25, 0.3) is 22.5 Å². The molecule has 8 nitrogen and oxygen atoms in total. The number of hydrogen-bond acceptors (Lipinski definition) is 7. The summed E-state index contributed by atoms with van der Waals surface area (Å²) in [6.45, 7) is 8.45. The van der Waals surface area contributed by atoms with E-state index in [-0.39, 0.29) is 0 Å². The zero-order valence-corrected chi connectivity index (χ0v) is 17.2. The molecule has 2 aliphatic rings. The summed E-state index contributed by atoms with van der Waals surface area (Å²) in [6.07, 6.45) is 6.80. The molecule has 2 atom stereocenters. The molecule has 3 aromatic heterocycles. The van der Waals surface area contributed by atoms with Crippen LogP contribution in [0.2, 0.25) is 0 Å². The highest BCUT2D eigenvalue weighted by Gasteiger charge is 2.38. The molecule has 1 saturated heterocycles. The Hall–Kier alpha value is -2.48. The fourth-order valence-electron chi connectivity index (χ4n) is 4.88. The molecule has 1 saturated carbocycles. The SMILES string of the molecule is CCOCCCn1c(-c2cnc3onc(C)c3c2)nnc1N1CC2CCCC2C1. The van der Waals surface area contributed by atoms with Gasteiger partial charge in [0.2, 0.25) is 5.95 Å². The number of rotatable bonds is 7. The van der Waals surface area contributed by atoms with E-state index in [1.807, 2.05) is 13.8 Å². The summed E-state index contributed by atoms with van der Waals surface area (Å²) < 4.78 is 13.1. The van der Waals surface area contributed by atoms with Gasteiger partial charge in [-0.25, -0.2) is 4.98 Å². The lowest BCUT2D eigenvalue weighted by atomic mass is 10.0. The van der Waals surface area contributed by atoms with E-state index in [2.05, 4.69) is 35.9 Å². The topological polar surface area (TPSA) is 82.1 Å². The smallest absolute Gasteiger partial charge is 0.257 e. The number of fused-ring (bicyclic) bond motifs is 2. The van der Waals surface area contributed by atoms with Gasteiger partial charge in [0, 0.05) is 44.6 Å². The Morgan fingerprint density at radius 1 is 1.21 bits per heavy atom. The number of pyridine rings is 1. The highest BCUT2D eigenvalue weighted by Crippen LogP contribution is 2.39. The van der Waals surface area contributed by atoms with Crippen molar-refractivity contribution >= 4 is 17.0 Å². The van der Waals surface area contributed by atoms with E-state index in [1.54, 1.807) is 6.20 Å². The molecule has 0 bridgehead atoms. The lowest BCUT2D eigenvalue weighted by Crippen LogP contribution is -2.25. The number of aryl methyl sites for hydroxylation is 1. The average molecular weight is 396 g/mol. The third-order valence-electron chi connectivity index (χ3n) is 6.38. The van der Waals surface area contributed by atoms with Crippen molar-refractivity contribution in [3.8, 4) is 11.4 Å². The third kappa shape index (κ3) is 3.39. The molecule has 8 heteroatoms. The molecular formula is C21H28N6O2. The van der Waals surface area contributed by atoms with Gasteiger partial charge in [-0.3, -0.25) is 4.57 Å². The Labute approximate surface area is 170 Å². The van der Waals surface area contributed by atoms with Crippen LogP contribution in [0, 0.1) is 18.8 Å². The first-order chi connectivity index (χ1) is 14.2. The van der Waals surface area contributed by atoms with Crippen LogP contribution in [0.1, 0.15) is 38.3 Å². The van der Waals surface area contributed by atoms with Crippen molar-refractivity contribution in [3.05, 3.63) is 18.0 Å². The van der Waals surface area contributed by atoms with Crippen molar-refractivity contribution in [2.75, 3.05) is 31.2 Å². The van der Waals surface area contributed by atoms with Crippen LogP contribution in [-0.4, -0.2) is 51.2 Å². The maximum absolute atomic E-state index is 5.57. The van der Waals surface area contributed by atoms with Gasteiger partial charge in [0.05, 0.1) is 11.1 Å². The molecule has 0 aromatic carbocycles. The molecule has 154 valence electrons. The minimum atomic E-state index is 0.557. The largest absolute Gasteiger partial charge is 0.382 e.